The van der Waals surface area contributed by atoms with Gasteiger partial charge >= 0.3 is 5.97 Å². The summed E-state index contributed by atoms with van der Waals surface area (Å²) in [5.41, 5.74) is 0.685. The number of halogens is 1. The molecule has 0 bridgehead atoms. The third-order valence-electron chi connectivity index (χ3n) is 3.71. The molecule has 1 aromatic rings. The predicted octanol–water partition coefficient (Wildman–Crippen LogP) is 4.10. The molecule has 26 heavy (non-hydrogen) atoms. The Morgan fingerprint density at radius 3 is 2.69 bits per heavy atom. The second kappa shape index (κ2) is 14.4. The number of methoxy groups -OCH3 is 1. The maximum absolute atomic E-state index is 10.5. The zero-order valence-electron chi connectivity index (χ0n) is 15.5. The van der Waals surface area contributed by atoms with Crippen LogP contribution in [0.1, 0.15) is 57.6 Å². The molecule has 0 aromatic carbocycles. The summed E-state index contributed by atoms with van der Waals surface area (Å²) in [4.78, 5) is 14.7. The van der Waals surface area contributed by atoms with E-state index >= 15 is 0 Å². The molecule has 6 nitrogen and oxygen atoms in total. The fourth-order valence-electron chi connectivity index (χ4n) is 2.27. The van der Waals surface area contributed by atoms with Gasteiger partial charge in [-0.05, 0) is 25.3 Å². The van der Waals surface area contributed by atoms with E-state index in [1.54, 1.807) is 31.5 Å². The lowest BCUT2D eigenvalue weighted by Gasteiger charge is -2.10. The zero-order chi connectivity index (χ0) is 18.5. The molecule has 1 aromatic heterocycles. The highest BCUT2D eigenvalue weighted by Crippen LogP contribution is 2.27. The summed E-state index contributed by atoms with van der Waals surface area (Å²) >= 11 is 0. The molecule has 1 rings (SSSR count). The molecule has 148 valence electrons. The molecule has 7 heteroatoms. The lowest BCUT2D eigenvalue weighted by atomic mass is 10.1. The third-order valence-corrected chi connectivity index (χ3v) is 3.71. The molecule has 0 aliphatic rings. The van der Waals surface area contributed by atoms with Crippen LogP contribution in [-0.4, -0.2) is 41.0 Å². The van der Waals surface area contributed by atoms with Gasteiger partial charge in [-0.2, -0.15) is 0 Å². The van der Waals surface area contributed by atoms with E-state index in [2.05, 4.69) is 11.9 Å². The minimum absolute atomic E-state index is 0. The van der Waals surface area contributed by atoms with Crippen molar-refractivity contribution in [1.82, 2.24) is 4.98 Å². The van der Waals surface area contributed by atoms with E-state index in [1.165, 1.54) is 0 Å². The number of carboxylic acid groups (broad SMARTS) is 1. The van der Waals surface area contributed by atoms with Crippen LogP contribution in [0.2, 0.25) is 0 Å². The SMILES string of the molecule is CCCCCC(O)C=Cc1cc(OC)c(OCCCCC(=O)O)cn1.Cl. The summed E-state index contributed by atoms with van der Waals surface area (Å²) in [6.45, 7) is 2.55. The first-order valence-electron chi connectivity index (χ1n) is 8.81. The molecule has 0 fully saturated rings. The van der Waals surface area contributed by atoms with E-state index in [1.807, 2.05) is 0 Å². The number of aromatic nitrogens is 1. The van der Waals surface area contributed by atoms with Gasteiger partial charge in [-0.15, -0.1) is 12.4 Å². The molecule has 0 aliphatic carbocycles. The van der Waals surface area contributed by atoms with Crippen LogP contribution in [0.4, 0.5) is 0 Å². The monoisotopic (exact) mass is 387 g/mol. The van der Waals surface area contributed by atoms with Crippen molar-refractivity contribution in [2.45, 2.75) is 58.0 Å². The highest BCUT2D eigenvalue weighted by Gasteiger charge is 2.07. The Hall–Kier alpha value is -1.79. The van der Waals surface area contributed by atoms with E-state index in [-0.39, 0.29) is 18.8 Å². The Morgan fingerprint density at radius 2 is 2.04 bits per heavy atom. The van der Waals surface area contributed by atoms with E-state index < -0.39 is 12.1 Å². The Kier molecular flexibility index (Phi) is 13.4. The van der Waals surface area contributed by atoms with Gasteiger partial charge < -0.3 is 19.7 Å². The minimum atomic E-state index is -0.799. The van der Waals surface area contributed by atoms with Gasteiger partial charge in [0, 0.05) is 12.5 Å². The van der Waals surface area contributed by atoms with Crippen molar-refractivity contribution in [2.24, 2.45) is 0 Å². The van der Waals surface area contributed by atoms with Crippen molar-refractivity contribution in [3.63, 3.8) is 0 Å². The van der Waals surface area contributed by atoms with E-state index in [0.717, 1.165) is 25.7 Å². The van der Waals surface area contributed by atoms with E-state index in [9.17, 15) is 9.90 Å². The fourth-order valence-corrected chi connectivity index (χ4v) is 2.27. The van der Waals surface area contributed by atoms with Gasteiger partial charge in [0.05, 0.1) is 31.7 Å². The van der Waals surface area contributed by atoms with E-state index in [0.29, 0.717) is 36.6 Å². The van der Waals surface area contributed by atoms with Gasteiger partial charge in [-0.25, -0.2) is 0 Å². The first-order chi connectivity index (χ1) is 12.1. The second-order valence-corrected chi connectivity index (χ2v) is 5.88. The lowest BCUT2D eigenvalue weighted by Crippen LogP contribution is -2.03. The standard InChI is InChI=1S/C19H29NO5.ClH/c1-3-4-5-8-16(21)11-10-15-13-17(24-2)18(14-20-15)25-12-7-6-9-19(22)23;/h10-11,13-14,16,21H,3-9,12H2,1-2H3,(H,22,23);1H. The van der Waals surface area contributed by atoms with Crippen LogP contribution in [0.25, 0.3) is 6.08 Å². The average Bonchev–Trinajstić information content (AvgIpc) is 2.60. The molecule has 0 saturated heterocycles. The van der Waals surface area contributed by atoms with Gasteiger partial charge in [-0.3, -0.25) is 9.78 Å². The van der Waals surface area contributed by atoms with Gasteiger partial charge in [0.1, 0.15) is 0 Å². The number of pyridine rings is 1. The molecule has 0 amide bonds. The fraction of sp³-hybridized carbons (Fsp3) is 0.579. The molecule has 2 N–H and O–H groups in total. The smallest absolute Gasteiger partial charge is 0.303 e. The van der Waals surface area contributed by atoms with Gasteiger partial charge in [0.15, 0.2) is 11.5 Å². The first kappa shape index (κ1) is 24.2. The molecule has 0 radical (unpaired) electrons. The molecule has 0 spiro atoms. The van der Waals surface area contributed by atoms with Crippen molar-refractivity contribution in [3.05, 3.63) is 24.0 Å². The molecule has 1 atom stereocenters. The van der Waals surface area contributed by atoms with Gasteiger partial charge in [0.2, 0.25) is 0 Å². The summed E-state index contributed by atoms with van der Waals surface area (Å²) in [6, 6.07) is 1.75. The van der Waals surface area contributed by atoms with Crippen LogP contribution in [0.5, 0.6) is 11.5 Å². The van der Waals surface area contributed by atoms with E-state index in [4.69, 9.17) is 14.6 Å². The number of carboxylic acids is 1. The number of aliphatic hydroxyl groups excluding tert-OH is 1. The highest BCUT2D eigenvalue weighted by atomic mass is 35.5. The number of rotatable bonds is 13. The summed E-state index contributed by atoms with van der Waals surface area (Å²) < 4.78 is 10.9. The number of aliphatic hydroxyl groups is 1. The Labute approximate surface area is 161 Å². The van der Waals surface area contributed by atoms with Crippen LogP contribution in [0, 0.1) is 0 Å². The number of aliphatic carboxylic acids is 1. The predicted molar refractivity (Wildman–Crippen MR) is 104 cm³/mol. The molecule has 1 unspecified atom stereocenters. The Balaban J connectivity index is 0.00000625. The van der Waals surface area contributed by atoms with Crippen molar-refractivity contribution < 1.29 is 24.5 Å². The summed E-state index contributed by atoms with van der Waals surface area (Å²) in [5, 5.41) is 18.5. The zero-order valence-corrected chi connectivity index (χ0v) is 16.3. The topological polar surface area (TPSA) is 88.9 Å². The molecular weight excluding hydrogens is 358 g/mol. The van der Waals surface area contributed by atoms with Crippen LogP contribution in [0.15, 0.2) is 18.3 Å². The third kappa shape index (κ3) is 10.3. The van der Waals surface area contributed by atoms with Crippen LogP contribution in [-0.2, 0) is 4.79 Å². The number of nitrogens with zero attached hydrogens (tertiary/aromatic N) is 1. The molecule has 0 saturated carbocycles. The summed E-state index contributed by atoms with van der Waals surface area (Å²) in [7, 11) is 1.56. The number of ether oxygens (including phenoxy) is 2. The van der Waals surface area contributed by atoms with Crippen molar-refractivity contribution in [3.8, 4) is 11.5 Å². The quantitative estimate of drug-likeness (QED) is 0.495. The largest absolute Gasteiger partial charge is 0.493 e. The highest BCUT2D eigenvalue weighted by molar-refractivity contribution is 5.85. The molecule has 0 aliphatic heterocycles. The Bertz CT molecular complexity index is 551. The normalized spacial score (nSPS) is 11.8. The van der Waals surface area contributed by atoms with Gasteiger partial charge in [0.25, 0.3) is 0 Å². The minimum Gasteiger partial charge on any atom is -0.493 e. The van der Waals surface area contributed by atoms with Crippen LogP contribution in [0.3, 0.4) is 0 Å². The summed E-state index contributed by atoms with van der Waals surface area (Å²) in [5.74, 6) is 0.291. The summed E-state index contributed by atoms with van der Waals surface area (Å²) in [6.07, 6.45) is 10.0. The maximum Gasteiger partial charge on any atom is 0.303 e. The molecular formula is C19H30ClNO5. The Morgan fingerprint density at radius 1 is 1.27 bits per heavy atom. The lowest BCUT2D eigenvalue weighted by molar-refractivity contribution is -0.137. The average molecular weight is 388 g/mol. The second-order valence-electron chi connectivity index (χ2n) is 5.88. The first-order valence-corrected chi connectivity index (χ1v) is 8.81. The number of carbonyl (C=O) groups is 1. The number of unbranched alkanes of at least 4 members (excludes halogenated alkanes) is 3. The molecule has 1 heterocycles. The number of hydrogen-bond acceptors (Lipinski definition) is 5. The van der Waals surface area contributed by atoms with Crippen molar-refractivity contribution in [2.75, 3.05) is 13.7 Å². The number of hydrogen-bond donors (Lipinski definition) is 2. The van der Waals surface area contributed by atoms with Crippen LogP contribution < -0.4 is 9.47 Å². The van der Waals surface area contributed by atoms with Crippen molar-refractivity contribution >= 4 is 24.5 Å². The van der Waals surface area contributed by atoms with Gasteiger partial charge in [-0.1, -0.05) is 32.3 Å². The maximum atomic E-state index is 10.5. The van der Waals surface area contributed by atoms with Crippen LogP contribution >= 0.6 is 12.4 Å². The van der Waals surface area contributed by atoms with Crippen molar-refractivity contribution in [1.29, 1.82) is 0 Å².